The maximum Gasteiger partial charge on any atom is 0.338 e. The standard InChI is InChI=1S/C22H26O12/c23-7-12-14(26)15(27)16(28)21(31-12)33-20-13-11(5-6-30-20)17(18-22(13,8-24)34-18)32-19(29)9-1-3-10(25)4-2-9/h1-6,11-18,20-21,23-28H,7-8H2/t11?,12-,13?,14-,15+,16-,17+,18+,20?,21+,22-/m1/s1. The molecule has 3 heterocycles. The van der Waals surface area contributed by atoms with Crippen molar-refractivity contribution in [1.82, 2.24) is 0 Å². The highest BCUT2D eigenvalue weighted by Gasteiger charge is 2.77. The van der Waals surface area contributed by atoms with Crippen LogP contribution in [0.5, 0.6) is 5.75 Å². The minimum atomic E-state index is -1.64. The predicted molar refractivity (Wildman–Crippen MR) is 108 cm³/mol. The number of ether oxygens (including phenoxy) is 5. The van der Waals surface area contributed by atoms with E-state index < -0.39 is 85.8 Å². The summed E-state index contributed by atoms with van der Waals surface area (Å²) in [7, 11) is 0. The molecule has 11 atom stereocenters. The van der Waals surface area contributed by atoms with E-state index in [9.17, 15) is 35.4 Å². The number of phenols is 1. The number of hydrogen-bond acceptors (Lipinski definition) is 12. The Morgan fingerprint density at radius 1 is 1.03 bits per heavy atom. The highest BCUT2D eigenvalue weighted by molar-refractivity contribution is 5.89. The van der Waals surface area contributed by atoms with Gasteiger partial charge in [-0.15, -0.1) is 0 Å². The van der Waals surface area contributed by atoms with Crippen LogP contribution in [0, 0.1) is 11.8 Å². The highest BCUT2D eigenvalue weighted by atomic mass is 16.8. The molecule has 5 rings (SSSR count). The second-order valence-corrected chi connectivity index (χ2v) is 8.84. The van der Waals surface area contributed by atoms with Gasteiger partial charge in [0, 0.05) is 5.92 Å². The first-order chi connectivity index (χ1) is 16.3. The Morgan fingerprint density at radius 2 is 1.76 bits per heavy atom. The number of hydrogen-bond donors (Lipinski definition) is 6. The van der Waals surface area contributed by atoms with E-state index in [0.717, 1.165) is 0 Å². The Bertz CT molecular complexity index is 934. The zero-order valence-electron chi connectivity index (χ0n) is 17.8. The summed E-state index contributed by atoms with van der Waals surface area (Å²) in [5.74, 6) is -1.78. The van der Waals surface area contributed by atoms with E-state index in [1.165, 1.54) is 30.5 Å². The van der Waals surface area contributed by atoms with Gasteiger partial charge >= 0.3 is 5.97 Å². The molecule has 1 aliphatic carbocycles. The molecule has 1 aromatic rings. The molecule has 0 radical (unpaired) electrons. The predicted octanol–water partition coefficient (Wildman–Crippen LogP) is -2.02. The number of phenolic OH excluding ortho intramolecular Hbond substituents is 1. The fraction of sp³-hybridized carbons (Fsp3) is 0.591. The fourth-order valence-corrected chi connectivity index (χ4v) is 5.08. The van der Waals surface area contributed by atoms with E-state index in [2.05, 4.69) is 0 Å². The average molecular weight is 482 g/mol. The van der Waals surface area contributed by atoms with Crippen molar-refractivity contribution in [1.29, 1.82) is 0 Å². The number of carbonyl (C=O) groups is 1. The van der Waals surface area contributed by atoms with Gasteiger partial charge in [-0.1, -0.05) is 0 Å². The summed E-state index contributed by atoms with van der Waals surface area (Å²) >= 11 is 0. The Labute approximate surface area is 193 Å². The van der Waals surface area contributed by atoms with Crippen molar-refractivity contribution in [2.45, 2.75) is 54.8 Å². The van der Waals surface area contributed by atoms with Crippen molar-refractivity contribution in [3.05, 3.63) is 42.2 Å². The lowest BCUT2D eigenvalue weighted by molar-refractivity contribution is -0.344. The van der Waals surface area contributed by atoms with E-state index in [1.54, 1.807) is 6.08 Å². The van der Waals surface area contributed by atoms with Gasteiger partial charge in [0.2, 0.25) is 6.29 Å². The van der Waals surface area contributed by atoms with E-state index in [1.807, 2.05) is 0 Å². The first-order valence-corrected chi connectivity index (χ1v) is 10.9. The lowest BCUT2D eigenvalue weighted by Gasteiger charge is -2.43. The van der Waals surface area contributed by atoms with E-state index in [0.29, 0.717) is 0 Å². The molecule has 0 spiro atoms. The SMILES string of the molecule is O=C(O[C@H]1C2C=COC(O[C@@H]3O[C@H](CO)[C@@H](O)[C@H](O)[C@H]3O)C2[C@@]2(CO)O[C@@H]12)c1ccc(O)cc1. The van der Waals surface area contributed by atoms with Gasteiger partial charge in [-0.25, -0.2) is 4.79 Å². The Hall–Kier alpha value is -2.29. The lowest BCUT2D eigenvalue weighted by Crippen LogP contribution is -2.60. The molecule has 2 saturated heterocycles. The molecule has 0 aromatic heterocycles. The fourth-order valence-electron chi connectivity index (χ4n) is 5.08. The normalized spacial score (nSPS) is 44.6. The summed E-state index contributed by atoms with van der Waals surface area (Å²) in [6, 6.07) is 5.56. The van der Waals surface area contributed by atoms with Crippen molar-refractivity contribution in [3.8, 4) is 5.75 Å². The molecule has 34 heavy (non-hydrogen) atoms. The van der Waals surface area contributed by atoms with Crippen LogP contribution < -0.4 is 0 Å². The van der Waals surface area contributed by atoms with Crippen LogP contribution in [0.1, 0.15) is 10.4 Å². The summed E-state index contributed by atoms with van der Waals surface area (Å²) in [6.07, 6.45) is -6.99. The van der Waals surface area contributed by atoms with E-state index in [4.69, 9.17) is 23.7 Å². The molecule has 3 unspecified atom stereocenters. The first-order valence-electron chi connectivity index (χ1n) is 10.9. The number of esters is 1. The van der Waals surface area contributed by atoms with Crippen molar-refractivity contribution in [2.75, 3.05) is 13.2 Å². The molecule has 1 saturated carbocycles. The first kappa shape index (κ1) is 23.5. The summed E-state index contributed by atoms with van der Waals surface area (Å²) in [4.78, 5) is 12.7. The summed E-state index contributed by atoms with van der Waals surface area (Å²) in [5.41, 5.74) is -0.907. The van der Waals surface area contributed by atoms with Gasteiger partial charge in [-0.2, -0.15) is 0 Å². The van der Waals surface area contributed by atoms with Crippen LogP contribution in [-0.2, 0) is 23.7 Å². The van der Waals surface area contributed by atoms with Crippen LogP contribution in [0.15, 0.2) is 36.6 Å². The van der Waals surface area contributed by atoms with Gasteiger partial charge in [-0.3, -0.25) is 0 Å². The number of aliphatic hydroxyl groups excluding tert-OH is 5. The van der Waals surface area contributed by atoms with Crippen molar-refractivity contribution < 1.29 is 59.1 Å². The largest absolute Gasteiger partial charge is 0.508 e. The van der Waals surface area contributed by atoms with Gasteiger partial charge < -0.3 is 54.3 Å². The molecule has 0 amide bonds. The molecule has 12 nitrogen and oxygen atoms in total. The molecule has 6 N–H and O–H groups in total. The van der Waals surface area contributed by atoms with Crippen molar-refractivity contribution in [2.24, 2.45) is 11.8 Å². The molecular weight excluding hydrogens is 456 g/mol. The van der Waals surface area contributed by atoms with Gasteiger partial charge in [0.25, 0.3) is 0 Å². The number of aliphatic hydroxyl groups is 5. The molecule has 3 fully saturated rings. The number of aromatic hydroxyl groups is 1. The van der Waals surface area contributed by atoms with E-state index in [-0.39, 0.29) is 11.3 Å². The van der Waals surface area contributed by atoms with Gasteiger partial charge in [0.05, 0.1) is 31.0 Å². The summed E-state index contributed by atoms with van der Waals surface area (Å²) < 4.78 is 28.3. The number of carbonyl (C=O) groups excluding carboxylic acids is 1. The minimum Gasteiger partial charge on any atom is -0.508 e. The Morgan fingerprint density at radius 3 is 2.44 bits per heavy atom. The molecule has 0 bridgehead atoms. The Kier molecular flexibility index (Phi) is 6.02. The lowest BCUT2D eigenvalue weighted by atomic mass is 9.85. The third-order valence-corrected chi connectivity index (χ3v) is 6.94. The molecular formula is C22H26O12. The molecule has 3 aliphatic heterocycles. The number of rotatable bonds is 6. The second-order valence-electron chi connectivity index (χ2n) is 8.84. The topological polar surface area (TPSA) is 188 Å². The van der Waals surface area contributed by atoms with Gasteiger partial charge in [0.15, 0.2) is 6.29 Å². The molecule has 12 heteroatoms. The maximum absolute atomic E-state index is 12.7. The Balaban J connectivity index is 1.34. The van der Waals surface area contributed by atoms with Crippen LogP contribution in [0.2, 0.25) is 0 Å². The van der Waals surface area contributed by atoms with Crippen LogP contribution >= 0.6 is 0 Å². The monoisotopic (exact) mass is 482 g/mol. The third kappa shape index (κ3) is 3.67. The summed E-state index contributed by atoms with van der Waals surface area (Å²) in [6.45, 7) is -1.04. The minimum absolute atomic E-state index is 0.00264. The van der Waals surface area contributed by atoms with E-state index >= 15 is 0 Å². The average Bonchev–Trinajstić information content (AvgIpc) is 3.52. The number of epoxide rings is 1. The molecule has 1 aromatic carbocycles. The zero-order valence-corrected chi connectivity index (χ0v) is 17.8. The highest BCUT2D eigenvalue weighted by Crippen LogP contribution is 2.60. The molecule has 4 aliphatic rings. The van der Waals surface area contributed by atoms with Crippen LogP contribution in [0.4, 0.5) is 0 Å². The van der Waals surface area contributed by atoms with Crippen molar-refractivity contribution in [3.63, 3.8) is 0 Å². The number of fused-ring (bicyclic) bond motifs is 3. The smallest absolute Gasteiger partial charge is 0.338 e. The maximum atomic E-state index is 12.7. The van der Waals surface area contributed by atoms with Gasteiger partial charge in [-0.05, 0) is 30.3 Å². The van der Waals surface area contributed by atoms with Gasteiger partial charge in [0.1, 0.15) is 48.0 Å². The zero-order chi connectivity index (χ0) is 24.2. The second kappa shape index (κ2) is 8.73. The summed E-state index contributed by atoms with van der Waals surface area (Å²) in [5, 5.41) is 59.3. The van der Waals surface area contributed by atoms with Crippen LogP contribution in [0.25, 0.3) is 0 Å². The number of benzene rings is 1. The van der Waals surface area contributed by atoms with Crippen LogP contribution in [-0.4, -0.2) is 105 Å². The third-order valence-electron chi connectivity index (χ3n) is 6.94. The van der Waals surface area contributed by atoms with Crippen LogP contribution in [0.3, 0.4) is 0 Å². The quantitative estimate of drug-likeness (QED) is 0.193. The molecule has 186 valence electrons. The van der Waals surface area contributed by atoms with Crippen molar-refractivity contribution >= 4 is 5.97 Å².